The van der Waals surface area contributed by atoms with E-state index in [0.29, 0.717) is 6.54 Å². The minimum absolute atomic E-state index is 0. The van der Waals surface area contributed by atoms with Crippen molar-refractivity contribution in [2.45, 2.75) is 6.54 Å². The lowest BCUT2D eigenvalue weighted by atomic mass is 10.2. The van der Waals surface area contributed by atoms with E-state index in [2.05, 4.69) is 9.98 Å². The molecule has 0 aliphatic heterocycles. The van der Waals surface area contributed by atoms with Crippen LogP contribution in [0.15, 0.2) is 44.9 Å². The first-order chi connectivity index (χ1) is 11.3. The normalized spacial score (nSPS) is 11.5. The van der Waals surface area contributed by atoms with Gasteiger partial charge in [0, 0.05) is 6.21 Å². The summed E-state index contributed by atoms with van der Waals surface area (Å²) < 4.78 is 1.87. The zero-order valence-electron chi connectivity index (χ0n) is 14.6. The van der Waals surface area contributed by atoms with E-state index in [1.807, 2.05) is 51.5 Å². The van der Waals surface area contributed by atoms with Gasteiger partial charge in [0.05, 0.1) is 40.8 Å². The molecule has 0 aliphatic rings. The van der Waals surface area contributed by atoms with E-state index in [0.717, 1.165) is 21.2 Å². The minimum Gasteiger partial charge on any atom is -1.00 e. The molecule has 25 heavy (non-hydrogen) atoms. The van der Waals surface area contributed by atoms with Gasteiger partial charge in [0.2, 0.25) is 5.88 Å². The molecule has 0 atom stereocenters. The molecule has 0 spiro atoms. The number of rotatable bonds is 6. The molecule has 0 saturated heterocycles. The maximum atomic E-state index is 12.0. The van der Waals surface area contributed by atoms with E-state index in [9.17, 15) is 14.7 Å². The van der Waals surface area contributed by atoms with Crippen LogP contribution in [0.2, 0.25) is 0 Å². The number of benzene rings is 1. The van der Waals surface area contributed by atoms with Crippen molar-refractivity contribution in [3.05, 3.63) is 62.3 Å². The smallest absolute Gasteiger partial charge is 0.331 e. The molecule has 0 radical (unpaired) electrons. The van der Waals surface area contributed by atoms with Crippen LogP contribution < -0.4 is 35.2 Å². The number of aromatic hydroxyl groups is 1. The summed E-state index contributed by atoms with van der Waals surface area (Å²) in [6.07, 6.45) is 1.32. The van der Waals surface area contributed by atoms with Crippen molar-refractivity contribution in [2.24, 2.45) is 4.99 Å². The van der Waals surface area contributed by atoms with E-state index in [1.165, 1.54) is 6.21 Å². The lowest BCUT2D eigenvalue weighted by molar-refractivity contribution is -0.868. The average molecular weight is 458 g/mol. The molecule has 0 fully saturated rings. The van der Waals surface area contributed by atoms with Gasteiger partial charge in [-0.1, -0.05) is 30.3 Å². The number of hydrogen-bond acceptors (Lipinski definition) is 4. The van der Waals surface area contributed by atoms with E-state index in [4.69, 9.17) is 0 Å². The van der Waals surface area contributed by atoms with Gasteiger partial charge in [0.15, 0.2) is 0 Å². The van der Waals surface area contributed by atoms with Gasteiger partial charge < -0.3 is 33.6 Å². The predicted molar refractivity (Wildman–Crippen MR) is 93.9 cm³/mol. The molecule has 2 N–H and O–H groups in total. The quantitative estimate of drug-likeness (QED) is 0.283. The number of H-pyrrole nitrogens is 1. The van der Waals surface area contributed by atoms with E-state index in [1.54, 1.807) is 0 Å². The molecule has 0 saturated carbocycles. The fourth-order valence-electron chi connectivity index (χ4n) is 2.12. The van der Waals surface area contributed by atoms with Crippen molar-refractivity contribution in [3.8, 4) is 5.88 Å². The van der Waals surface area contributed by atoms with E-state index >= 15 is 0 Å². The summed E-state index contributed by atoms with van der Waals surface area (Å²) in [6, 6.07) is 9.23. The average Bonchev–Trinajstić information content (AvgIpc) is 2.50. The highest BCUT2D eigenvalue weighted by molar-refractivity contribution is 5.81. The highest BCUT2D eigenvalue weighted by Gasteiger charge is 2.13. The van der Waals surface area contributed by atoms with Gasteiger partial charge in [0.25, 0.3) is 5.56 Å². The second-order valence-electron chi connectivity index (χ2n) is 6.62. The monoisotopic (exact) mass is 458 g/mol. The Labute approximate surface area is 163 Å². The molecule has 0 amide bonds. The molecule has 0 aliphatic carbocycles. The van der Waals surface area contributed by atoms with Crippen molar-refractivity contribution in [2.75, 3.05) is 34.2 Å². The largest absolute Gasteiger partial charge is 1.00 e. The lowest BCUT2D eigenvalue weighted by Crippen LogP contribution is -3.00. The summed E-state index contributed by atoms with van der Waals surface area (Å²) in [5.41, 5.74) is -0.456. The molecule has 1 heterocycles. The topological polar surface area (TPSA) is 87.4 Å². The second kappa shape index (κ2) is 8.95. The predicted octanol–water partition coefficient (Wildman–Crippen LogP) is -2.58. The third-order valence-electron chi connectivity index (χ3n) is 3.51. The summed E-state index contributed by atoms with van der Waals surface area (Å²) in [5, 5.41) is 10.3. The van der Waals surface area contributed by atoms with Gasteiger partial charge in [-0.25, -0.2) is 4.79 Å². The maximum absolute atomic E-state index is 12.0. The van der Waals surface area contributed by atoms with Crippen LogP contribution in [-0.2, 0) is 6.54 Å². The molecule has 136 valence electrons. The van der Waals surface area contributed by atoms with Crippen LogP contribution in [-0.4, -0.2) is 59.6 Å². The highest BCUT2D eigenvalue weighted by atomic mass is 127. The molecule has 8 heteroatoms. The van der Waals surface area contributed by atoms with Crippen LogP contribution in [0, 0.1) is 0 Å². The number of aromatic nitrogens is 2. The fraction of sp³-hybridized carbons (Fsp3) is 0.353. The van der Waals surface area contributed by atoms with Gasteiger partial charge in [0.1, 0.15) is 5.56 Å². The van der Waals surface area contributed by atoms with E-state index in [-0.39, 0.29) is 42.0 Å². The Kier molecular flexibility index (Phi) is 7.56. The van der Waals surface area contributed by atoms with Gasteiger partial charge in [-0.3, -0.25) is 19.3 Å². The number of aromatic amines is 1. The highest BCUT2D eigenvalue weighted by Crippen LogP contribution is 2.10. The van der Waals surface area contributed by atoms with Gasteiger partial charge >= 0.3 is 5.69 Å². The molecule has 7 nitrogen and oxygen atoms in total. The lowest BCUT2D eigenvalue weighted by Gasteiger charge is -2.22. The summed E-state index contributed by atoms with van der Waals surface area (Å²) in [6.45, 7) is 1.47. The molecule has 1 aromatic heterocycles. The Morgan fingerprint density at radius 1 is 1.20 bits per heavy atom. The standard InChI is InChI=1S/C17H22N4O3.HI/c1-21(2,3)10-9-18-11-14-15(22)19-17(24)20(16(14)23)12-13-7-5-4-6-8-13;/h4-8,11H,9-10,12H2,1-3H3,(H-,18,19,22,23,24);1H. The van der Waals surface area contributed by atoms with Crippen molar-refractivity contribution in [1.29, 1.82) is 0 Å². The first-order valence-electron chi connectivity index (χ1n) is 7.68. The first kappa shape index (κ1) is 21.1. The number of halogens is 1. The Hall–Kier alpha value is -1.94. The van der Waals surface area contributed by atoms with Crippen LogP contribution in [0.4, 0.5) is 0 Å². The number of nitrogens with one attached hydrogen (secondary N) is 1. The van der Waals surface area contributed by atoms with Crippen molar-refractivity contribution in [3.63, 3.8) is 0 Å². The third kappa shape index (κ3) is 6.13. The number of hydrogen-bond donors (Lipinski definition) is 2. The minimum atomic E-state index is -0.648. The van der Waals surface area contributed by atoms with Crippen LogP contribution in [0.5, 0.6) is 5.88 Å². The van der Waals surface area contributed by atoms with Crippen molar-refractivity contribution >= 4 is 6.21 Å². The van der Waals surface area contributed by atoms with Gasteiger partial charge in [-0.2, -0.15) is 0 Å². The molecule has 0 bridgehead atoms. The SMILES string of the molecule is C[N+](C)(C)CCN=Cc1c(O)n(Cc2ccccc2)c(=O)[nH]c1=O.[I-]. The molecule has 2 aromatic rings. The zero-order valence-corrected chi connectivity index (χ0v) is 16.7. The maximum Gasteiger partial charge on any atom is 0.331 e. The van der Waals surface area contributed by atoms with E-state index < -0.39 is 11.2 Å². The molecule has 1 aromatic carbocycles. The Morgan fingerprint density at radius 3 is 2.44 bits per heavy atom. The zero-order chi connectivity index (χ0) is 17.7. The van der Waals surface area contributed by atoms with Gasteiger partial charge in [-0.05, 0) is 5.56 Å². The first-order valence-corrected chi connectivity index (χ1v) is 7.68. The fourth-order valence-corrected chi connectivity index (χ4v) is 2.12. The van der Waals surface area contributed by atoms with Crippen LogP contribution in [0.3, 0.4) is 0 Å². The Morgan fingerprint density at radius 2 is 1.84 bits per heavy atom. The Bertz CT molecular complexity index is 836. The van der Waals surface area contributed by atoms with Crippen LogP contribution in [0.25, 0.3) is 0 Å². The summed E-state index contributed by atoms with van der Waals surface area (Å²) >= 11 is 0. The van der Waals surface area contributed by atoms with Crippen LogP contribution in [0.1, 0.15) is 11.1 Å². The number of nitrogens with zero attached hydrogens (tertiary/aromatic N) is 3. The Balaban J connectivity index is 0.00000312. The van der Waals surface area contributed by atoms with Crippen molar-refractivity contribution < 1.29 is 33.6 Å². The van der Waals surface area contributed by atoms with Crippen molar-refractivity contribution in [1.82, 2.24) is 9.55 Å². The number of aliphatic imine (C=N–C) groups is 1. The molecular formula is C17H23IN4O3. The summed E-state index contributed by atoms with van der Waals surface area (Å²) in [5.74, 6) is -0.374. The molecule has 0 unspecified atom stereocenters. The number of quaternary nitrogens is 1. The molecule has 2 rings (SSSR count). The third-order valence-corrected chi connectivity index (χ3v) is 3.51. The van der Waals surface area contributed by atoms with Crippen LogP contribution >= 0.6 is 0 Å². The van der Waals surface area contributed by atoms with Gasteiger partial charge in [-0.15, -0.1) is 0 Å². The number of likely N-dealkylation sites (N-methyl/N-ethyl adjacent to an activating group) is 1. The summed E-state index contributed by atoms with van der Waals surface area (Å²) in [7, 11) is 6.12. The summed E-state index contributed by atoms with van der Waals surface area (Å²) in [4.78, 5) is 30.3. The second-order valence-corrected chi connectivity index (χ2v) is 6.62. The molecular weight excluding hydrogens is 435 g/mol.